The zero-order valence-corrected chi connectivity index (χ0v) is 12.3. The van der Waals surface area contributed by atoms with E-state index in [0.29, 0.717) is 5.92 Å². The number of carbonyl (C=O) groups excluding carboxylic acids is 1. The first kappa shape index (κ1) is 13.9. The van der Waals surface area contributed by atoms with Crippen molar-refractivity contribution < 1.29 is 4.79 Å². The summed E-state index contributed by atoms with van der Waals surface area (Å²) in [5.41, 5.74) is 3.23. The number of hydrogen-bond acceptors (Lipinski definition) is 2. The highest BCUT2D eigenvalue weighted by Gasteiger charge is 2.04. The lowest BCUT2D eigenvalue weighted by Crippen LogP contribution is -1.87. The minimum Gasteiger partial charge on any atom is -0.298 e. The minimum atomic E-state index is 0.563. The van der Waals surface area contributed by atoms with Crippen LogP contribution in [0, 0.1) is 6.92 Å². The van der Waals surface area contributed by atoms with E-state index in [1.165, 1.54) is 15.4 Å². The second-order valence-electron chi connectivity index (χ2n) is 4.97. The van der Waals surface area contributed by atoms with Crippen LogP contribution in [0.15, 0.2) is 52.3 Å². The second kappa shape index (κ2) is 6.07. The quantitative estimate of drug-likeness (QED) is 0.720. The third-order valence-electron chi connectivity index (χ3n) is 3.11. The minimum absolute atomic E-state index is 0.563. The predicted octanol–water partition coefficient (Wildman–Crippen LogP) is 5.08. The first-order valence-corrected chi connectivity index (χ1v) is 7.25. The van der Waals surface area contributed by atoms with Crippen molar-refractivity contribution in [2.45, 2.75) is 36.5 Å². The Morgan fingerprint density at radius 1 is 1.05 bits per heavy atom. The Bertz CT molecular complexity index is 570. The molecular formula is C17H18OS. The molecular weight excluding hydrogens is 252 g/mol. The fourth-order valence-electron chi connectivity index (χ4n) is 1.91. The van der Waals surface area contributed by atoms with Crippen LogP contribution in [0.2, 0.25) is 0 Å². The van der Waals surface area contributed by atoms with Gasteiger partial charge in [0.15, 0.2) is 0 Å². The van der Waals surface area contributed by atoms with Crippen molar-refractivity contribution in [1.29, 1.82) is 0 Å². The van der Waals surface area contributed by atoms with Gasteiger partial charge in [-0.25, -0.2) is 0 Å². The van der Waals surface area contributed by atoms with E-state index < -0.39 is 0 Å². The van der Waals surface area contributed by atoms with Gasteiger partial charge in [-0.2, -0.15) is 0 Å². The van der Waals surface area contributed by atoms with E-state index in [1.807, 2.05) is 25.1 Å². The van der Waals surface area contributed by atoms with Gasteiger partial charge >= 0.3 is 0 Å². The molecule has 0 aromatic heterocycles. The Hall–Kier alpha value is -1.54. The molecule has 19 heavy (non-hydrogen) atoms. The molecule has 0 saturated heterocycles. The highest BCUT2D eigenvalue weighted by Crippen LogP contribution is 2.31. The Labute approximate surface area is 119 Å². The molecule has 2 heteroatoms. The Morgan fingerprint density at radius 2 is 1.74 bits per heavy atom. The van der Waals surface area contributed by atoms with Gasteiger partial charge in [0.2, 0.25) is 0 Å². The van der Waals surface area contributed by atoms with Gasteiger partial charge < -0.3 is 0 Å². The van der Waals surface area contributed by atoms with Crippen molar-refractivity contribution in [3.05, 3.63) is 59.2 Å². The van der Waals surface area contributed by atoms with Crippen molar-refractivity contribution in [1.82, 2.24) is 0 Å². The zero-order chi connectivity index (χ0) is 13.8. The van der Waals surface area contributed by atoms with Crippen molar-refractivity contribution in [2.75, 3.05) is 0 Å². The summed E-state index contributed by atoms with van der Waals surface area (Å²) in [6.07, 6.45) is 0.888. The van der Waals surface area contributed by atoms with Crippen LogP contribution < -0.4 is 0 Å². The van der Waals surface area contributed by atoms with Crippen LogP contribution >= 0.6 is 11.8 Å². The first-order chi connectivity index (χ1) is 9.10. The van der Waals surface area contributed by atoms with Crippen LogP contribution in [-0.4, -0.2) is 6.29 Å². The topological polar surface area (TPSA) is 17.1 Å². The fourth-order valence-corrected chi connectivity index (χ4v) is 2.79. The van der Waals surface area contributed by atoms with Gasteiger partial charge in [-0.15, -0.1) is 0 Å². The van der Waals surface area contributed by atoms with Crippen LogP contribution in [0.1, 0.15) is 41.3 Å². The summed E-state index contributed by atoms with van der Waals surface area (Å²) in [6, 6.07) is 14.5. The summed E-state index contributed by atoms with van der Waals surface area (Å²) in [6.45, 7) is 6.44. The molecule has 0 radical (unpaired) electrons. The second-order valence-corrected chi connectivity index (χ2v) is 6.08. The molecule has 0 aliphatic rings. The Morgan fingerprint density at radius 3 is 2.26 bits per heavy atom. The lowest BCUT2D eigenvalue weighted by Gasteiger charge is -2.08. The van der Waals surface area contributed by atoms with Gasteiger partial charge in [0.05, 0.1) is 0 Å². The smallest absolute Gasteiger partial charge is 0.150 e. The molecule has 0 unspecified atom stereocenters. The third kappa shape index (κ3) is 3.48. The molecule has 0 bridgehead atoms. The van der Waals surface area contributed by atoms with E-state index in [1.54, 1.807) is 11.8 Å². The van der Waals surface area contributed by atoms with Crippen molar-refractivity contribution in [3.8, 4) is 0 Å². The summed E-state index contributed by atoms with van der Waals surface area (Å²) in [5.74, 6) is 0.563. The molecule has 0 N–H and O–H groups in total. The van der Waals surface area contributed by atoms with Gasteiger partial charge in [0.1, 0.15) is 6.29 Å². The standard InChI is InChI=1S/C17H18OS/c1-12(2)15-5-7-16(8-6-15)19-17-9-4-14(11-18)10-13(17)3/h4-12H,1-3H3. The SMILES string of the molecule is Cc1cc(C=O)ccc1Sc1ccc(C(C)C)cc1. The number of carbonyl (C=O) groups is 1. The maximum Gasteiger partial charge on any atom is 0.150 e. The van der Waals surface area contributed by atoms with E-state index in [-0.39, 0.29) is 0 Å². The molecule has 0 heterocycles. The molecule has 0 spiro atoms. The van der Waals surface area contributed by atoms with E-state index in [0.717, 1.165) is 17.4 Å². The number of aldehydes is 1. The lowest BCUT2D eigenvalue weighted by molar-refractivity contribution is 0.112. The lowest BCUT2D eigenvalue weighted by atomic mass is 10.0. The summed E-state index contributed by atoms with van der Waals surface area (Å²) in [5, 5.41) is 0. The van der Waals surface area contributed by atoms with Crippen molar-refractivity contribution in [3.63, 3.8) is 0 Å². The predicted molar refractivity (Wildman–Crippen MR) is 81.2 cm³/mol. The largest absolute Gasteiger partial charge is 0.298 e. The molecule has 0 amide bonds. The average molecular weight is 270 g/mol. The molecule has 1 nitrogen and oxygen atoms in total. The summed E-state index contributed by atoms with van der Waals surface area (Å²) in [7, 11) is 0. The van der Waals surface area contributed by atoms with E-state index >= 15 is 0 Å². The molecule has 0 fully saturated rings. The normalized spacial score (nSPS) is 10.7. The average Bonchev–Trinajstić information content (AvgIpc) is 2.41. The maximum absolute atomic E-state index is 10.7. The summed E-state index contributed by atoms with van der Waals surface area (Å²) >= 11 is 1.74. The van der Waals surface area contributed by atoms with Gasteiger partial charge in [0.25, 0.3) is 0 Å². The zero-order valence-electron chi connectivity index (χ0n) is 11.5. The van der Waals surface area contributed by atoms with Crippen LogP contribution in [0.25, 0.3) is 0 Å². The molecule has 2 aromatic carbocycles. The van der Waals surface area contributed by atoms with Crippen LogP contribution in [0.4, 0.5) is 0 Å². The molecule has 0 aliphatic heterocycles. The van der Waals surface area contributed by atoms with E-state index in [2.05, 4.69) is 38.1 Å². The van der Waals surface area contributed by atoms with Crippen LogP contribution in [0.3, 0.4) is 0 Å². The highest BCUT2D eigenvalue weighted by atomic mass is 32.2. The third-order valence-corrected chi connectivity index (χ3v) is 4.30. The van der Waals surface area contributed by atoms with Gasteiger partial charge in [-0.3, -0.25) is 4.79 Å². The molecule has 0 saturated carbocycles. The van der Waals surface area contributed by atoms with Crippen molar-refractivity contribution in [2.24, 2.45) is 0 Å². The molecule has 0 atom stereocenters. The number of aryl methyl sites for hydroxylation is 1. The highest BCUT2D eigenvalue weighted by molar-refractivity contribution is 7.99. The summed E-state index contributed by atoms with van der Waals surface area (Å²) < 4.78 is 0. The fraction of sp³-hybridized carbons (Fsp3) is 0.235. The Balaban J connectivity index is 2.19. The van der Waals surface area contributed by atoms with Crippen molar-refractivity contribution >= 4 is 18.0 Å². The number of benzene rings is 2. The Kier molecular flexibility index (Phi) is 4.43. The monoisotopic (exact) mass is 270 g/mol. The molecule has 0 aliphatic carbocycles. The van der Waals surface area contributed by atoms with E-state index in [9.17, 15) is 4.79 Å². The van der Waals surface area contributed by atoms with Gasteiger partial charge in [-0.1, -0.05) is 43.8 Å². The number of rotatable bonds is 4. The van der Waals surface area contributed by atoms with Gasteiger partial charge in [-0.05, 0) is 48.2 Å². The molecule has 98 valence electrons. The summed E-state index contributed by atoms with van der Waals surface area (Å²) in [4.78, 5) is 13.1. The van der Waals surface area contributed by atoms with Gasteiger partial charge in [0, 0.05) is 15.4 Å². The first-order valence-electron chi connectivity index (χ1n) is 6.44. The molecule has 2 rings (SSSR count). The van der Waals surface area contributed by atoms with E-state index in [4.69, 9.17) is 0 Å². The number of hydrogen-bond donors (Lipinski definition) is 0. The van der Waals surface area contributed by atoms with Crippen LogP contribution in [0.5, 0.6) is 0 Å². The van der Waals surface area contributed by atoms with Crippen LogP contribution in [-0.2, 0) is 0 Å². The molecule has 2 aromatic rings. The maximum atomic E-state index is 10.7.